The van der Waals surface area contributed by atoms with E-state index >= 15 is 0 Å². The Morgan fingerprint density at radius 3 is 2.35 bits per heavy atom. The normalized spacial score (nSPS) is 21.0. The molecule has 0 radical (unpaired) electrons. The van der Waals surface area contributed by atoms with Crippen LogP contribution in [0.15, 0.2) is 0 Å². The van der Waals surface area contributed by atoms with Gasteiger partial charge in [0.05, 0.1) is 12.7 Å². The van der Waals surface area contributed by atoms with Gasteiger partial charge in [-0.3, -0.25) is 9.80 Å². The summed E-state index contributed by atoms with van der Waals surface area (Å²) in [6, 6.07) is 0.634. The van der Waals surface area contributed by atoms with E-state index in [0.29, 0.717) is 12.6 Å². The molecular formula is C13H28N2O2. The van der Waals surface area contributed by atoms with Crippen LogP contribution in [0.25, 0.3) is 0 Å². The summed E-state index contributed by atoms with van der Waals surface area (Å²) in [4.78, 5) is 4.81. The topological polar surface area (TPSA) is 35.9 Å². The largest absolute Gasteiger partial charge is 0.389 e. The molecule has 0 saturated carbocycles. The van der Waals surface area contributed by atoms with Gasteiger partial charge in [-0.1, -0.05) is 6.92 Å². The van der Waals surface area contributed by atoms with Crippen LogP contribution < -0.4 is 0 Å². The van der Waals surface area contributed by atoms with Gasteiger partial charge in [0, 0.05) is 45.4 Å². The minimum atomic E-state index is -0.341. The molecule has 4 heteroatoms. The van der Waals surface area contributed by atoms with Gasteiger partial charge in [-0.05, 0) is 20.3 Å². The number of hydrogen-bond acceptors (Lipinski definition) is 4. The van der Waals surface area contributed by atoms with Gasteiger partial charge < -0.3 is 9.84 Å². The van der Waals surface area contributed by atoms with Crippen LogP contribution in [0.2, 0.25) is 0 Å². The smallest absolute Gasteiger partial charge is 0.0900 e. The SMILES string of the molecule is CCCOC[C@H](O)CN1CCN(C(C)C)CC1. The van der Waals surface area contributed by atoms with Gasteiger partial charge in [-0.15, -0.1) is 0 Å². The summed E-state index contributed by atoms with van der Waals surface area (Å²) < 4.78 is 5.36. The maximum absolute atomic E-state index is 9.82. The van der Waals surface area contributed by atoms with Crippen LogP contribution in [0.4, 0.5) is 0 Å². The molecule has 4 nitrogen and oxygen atoms in total. The second-order valence-corrected chi connectivity index (χ2v) is 5.16. The predicted octanol–water partition coefficient (Wildman–Crippen LogP) is 0.800. The van der Waals surface area contributed by atoms with Crippen LogP contribution in [0.5, 0.6) is 0 Å². The van der Waals surface area contributed by atoms with E-state index in [2.05, 4.69) is 30.6 Å². The van der Waals surface area contributed by atoms with Crippen molar-refractivity contribution < 1.29 is 9.84 Å². The number of rotatable bonds is 7. The van der Waals surface area contributed by atoms with Gasteiger partial charge in [-0.25, -0.2) is 0 Å². The van der Waals surface area contributed by atoms with E-state index in [1.54, 1.807) is 0 Å². The first-order chi connectivity index (χ1) is 8.13. The average Bonchev–Trinajstić information content (AvgIpc) is 2.30. The molecule has 1 saturated heterocycles. The van der Waals surface area contributed by atoms with Gasteiger partial charge in [-0.2, -0.15) is 0 Å². The second-order valence-electron chi connectivity index (χ2n) is 5.16. The lowest BCUT2D eigenvalue weighted by Crippen LogP contribution is -2.50. The summed E-state index contributed by atoms with van der Waals surface area (Å²) in [5.74, 6) is 0. The Morgan fingerprint density at radius 1 is 1.18 bits per heavy atom. The molecule has 1 aliphatic heterocycles. The lowest BCUT2D eigenvalue weighted by atomic mass is 10.2. The third-order valence-electron chi connectivity index (χ3n) is 3.26. The highest BCUT2D eigenvalue weighted by Crippen LogP contribution is 2.06. The number of ether oxygens (including phenoxy) is 1. The molecule has 0 aromatic carbocycles. The van der Waals surface area contributed by atoms with Gasteiger partial charge in [0.15, 0.2) is 0 Å². The highest BCUT2D eigenvalue weighted by atomic mass is 16.5. The van der Waals surface area contributed by atoms with Crippen LogP contribution in [0.1, 0.15) is 27.2 Å². The van der Waals surface area contributed by atoms with Gasteiger partial charge in [0.2, 0.25) is 0 Å². The summed E-state index contributed by atoms with van der Waals surface area (Å²) in [5, 5.41) is 9.82. The summed E-state index contributed by atoms with van der Waals surface area (Å²) in [7, 11) is 0. The second kappa shape index (κ2) is 8.03. The van der Waals surface area contributed by atoms with Crippen molar-refractivity contribution in [2.45, 2.75) is 39.3 Å². The lowest BCUT2D eigenvalue weighted by molar-refractivity contribution is 0.00492. The molecule has 0 unspecified atom stereocenters. The maximum atomic E-state index is 9.82. The van der Waals surface area contributed by atoms with Crippen molar-refractivity contribution in [2.75, 3.05) is 45.9 Å². The Bertz CT molecular complexity index is 192. The summed E-state index contributed by atoms with van der Waals surface area (Å²) >= 11 is 0. The third kappa shape index (κ3) is 5.82. The van der Waals surface area contributed by atoms with Crippen LogP contribution >= 0.6 is 0 Å². The van der Waals surface area contributed by atoms with Gasteiger partial charge >= 0.3 is 0 Å². The molecule has 17 heavy (non-hydrogen) atoms. The fourth-order valence-electron chi connectivity index (χ4n) is 2.18. The molecule has 0 aliphatic carbocycles. The van der Waals surface area contributed by atoms with Crippen molar-refractivity contribution in [1.82, 2.24) is 9.80 Å². The minimum Gasteiger partial charge on any atom is -0.389 e. The number of piperazine rings is 1. The molecule has 0 amide bonds. The first-order valence-electron chi connectivity index (χ1n) is 6.85. The van der Waals surface area contributed by atoms with Crippen molar-refractivity contribution >= 4 is 0 Å². The minimum absolute atomic E-state index is 0.341. The number of β-amino-alcohol motifs (C(OH)–C–C–N with tert-alkyl or cyclic N) is 1. The van der Waals surface area contributed by atoms with E-state index in [1.807, 2.05) is 0 Å². The zero-order chi connectivity index (χ0) is 12.7. The molecule has 0 aromatic heterocycles. The summed E-state index contributed by atoms with van der Waals surface area (Å²) in [5.41, 5.74) is 0. The zero-order valence-corrected chi connectivity index (χ0v) is 11.6. The van der Waals surface area contributed by atoms with Crippen molar-refractivity contribution in [2.24, 2.45) is 0 Å². The Balaban J connectivity index is 2.12. The van der Waals surface area contributed by atoms with Crippen molar-refractivity contribution in [3.63, 3.8) is 0 Å². The van der Waals surface area contributed by atoms with Crippen LogP contribution in [0, 0.1) is 0 Å². The van der Waals surface area contributed by atoms with Crippen LogP contribution in [0.3, 0.4) is 0 Å². The summed E-state index contributed by atoms with van der Waals surface area (Å²) in [6.45, 7) is 12.9. The molecule has 1 atom stereocenters. The molecule has 0 spiro atoms. The molecule has 1 fully saturated rings. The Labute approximate surface area is 106 Å². The number of aliphatic hydroxyl groups is 1. The van der Waals surface area contributed by atoms with E-state index < -0.39 is 0 Å². The Morgan fingerprint density at radius 2 is 1.82 bits per heavy atom. The predicted molar refractivity (Wildman–Crippen MR) is 70.3 cm³/mol. The highest BCUT2D eigenvalue weighted by molar-refractivity contribution is 4.75. The fourth-order valence-corrected chi connectivity index (χ4v) is 2.18. The molecule has 0 aromatic rings. The van der Waals surface area contributed by atoms with E-state index in [1.165, 1.54) is 0 Å². The van der Waals surface area contributed by atoms with Gasteiger partial charge in [0.1, 0.15) is 0 Å². The quantitative estimate of drug-likeness (QED) is 0.672. The molecule has 1 heterocycles. The van der Waals surface area contributed by atoms with E-state index in [4.69, 9.17) is 4.74 Å². The van der Waals surface area contributed by atoms with Crippen molar-refractivity contribution in [3.05, 3.63) is 0 Å². The van der Waals surface area contributed by atoms with E-state index in [-0.39, 0.29) is 6.10 Å². The fraction of sp³-hybridized carbons (Fsp3) is 1.00. The third-order valence-corrected chi connectivity index (χ3v) is 3.26. The van der Waals surface area contributed by atoms with Gasteiger partial charge in [0.25, 0.3) is 0 Å². The molecule has 1 rings (SSSR count). The molecular weight excluding hydrogens is 216 g/mol. The number of aliphatic hydroxyl groups excluding tert-OH is 1. The molecule has 1 aliphatic rings. The van der Waals surface area contributed by atoms with Crippen molar-refractivity contribution in [3.8, 4) is 0 Å². The molecule has 0 bridgehead atoms. The first-order valence-corrected chi connectivity index (χ1v) is 6.85. The van der Waals surface area contributed by atoms with E-state index in [0.717, 1.165) is 45.8 Å². The highest BCUT2D eigenvalue weighted by Gasteiger charge is 2.20. The number of nitrogens with zero attached hydrogens (tertiary/aromatic N) is 2. The first kappa shape index (κ1) is 14.9. The number of hydrogen-bond donors (Lipinski definition) is 1. The standard InChI is InChI=1S/C13H28N2O2/c1-4-9-17-11-13(16)10-14-5-7-15(8-6-14)12(2)3/h12-13,16H,4-11H2,1-3H3/t13-/m1/s1. The summed E-state index contributed by atoms with van der Waals surface area (Å²) in [6.07, 6.45) is 0.673. The molecule has 1 N–H and O–H groups in total. The van der Waals surface area contributed by atoms with Crippen molar-refractivity contribution in [1.29, 1.82) is 0 Å². The van der Waals surface area contributed by atoms with Crippen LogP contribution in [-0.2, 0) is 4.74 Å². The zero-order valence-electron chi connectivity index (χ0n) is 11.6. The maximum Gasteiger partial charge on any atom is 0.0900 e. The average molecular weight is 244 g/mol. The lowest BCUT2D eigenvalue weighted by Gasteiger charge is -2.37. The molecule has 102 valence electrons. The monoisotopic (exact) mass is 244 g/mol. The van der Waals surface area contributed by atoms with Crippen LogP contribution in [-0.4, -0.2) is 73.0 Å². The van der Waals surface area contributed by atoms with E-state index in [9.17, 15) is 5.11 Å². The Hall–Kier alpha value is -0.160. The Kier molecular flexibility index (Phi) is 7.04.